The highest BCUT2D eigenvalue weighted by molar-refractivity contribution is 4.85. The number of hydrogen-bond acceptors (Lipinski definition) is 3. The zero-order valence-corrected chi connectivity index (χ0v) is 11.3. The van der Waals surface area contributed by atoms with Crippen LogP contribution in [0.3, 0.4) is 0 Å². The number of nitrogens with one attached hydrogen (secondary N) is 1. The van der Waals surface area contributed by atoms with Crippen molar-refractivity contribution in [1.29, 1.82) is 0 Å². The van der Waals surface area contributed by atoms with E-state index in [1.165, 1.54) is 19.3 Å². The van der Waals surface area contributed by atoms with Gasteiger partial charge in [0.2, 0.25) is 0 Å². The third-order valence-corrected chi connectivity index (χ3v) is 4.27. The molecule has 1 fully saturated rings. The highest BCUT2D eigenvalue weighted by Crippen LogP contribution is 2.35. The number of hydrazine groups is 1. The smallest absolute Gasteiger partial charge is 0.0623 e. The Morgan fingerprint density at radius 3 is 2.56 bits per heavy atom. The van der Waals surface area contributed by atoms with Crippen molar-refractivity contribution >= 4 is 0 Å². The van der Waals surface area contributed by atoms with Crippen molar-refractivity contribution in [3.05, 3.63) is 0 Å². The predicted molar refractivity (Wildman–Crippen MR) is 67.9 cm³/mol. The van der Waals surface area contributed by atoms with Crippen molar-refractivity contribution in [2.24, 2.45) is 17.7 Å². The molecule has 0 aromatic carbocycles. The van der Waals surface area contributed by atoms with Crippen LogP contribution in [0.1, 0.15) is 52.9 Å². The van der Waals surface area contributed by atoms with Gasteiger partial charge in [-0.1, -0.05) is 19.8 Å². The second-order valence-corrected chi connectivity index (χ2v) is 5.85. The molecule has 96 valence electrons. The van der Waals surface area contributed by atoms with Crippen LogP contribution in [-0.2, 0) is 4.74 Å². The Labute approximate surface area is 100 Å². The molecule has 0 bridgehead atoms. The first-order valence-corrected chi connectivity index (χ1v) is 6.51. The molecule has 1 saturated carbocycles. The summed E-state index contributed by atoms with van der Waals surface area (Å²) in [7, 11) is 1.78. The minimum Gasteiger partial charge on any atom is -0.379 e. The minimum atomic E-state index is -0.0308. The van der Waals surface area contributed by atoms with Crippen molar-refractivity contribution in [2.45, 2.75) is 64.5 Å². The van der Waals surface area contributed by atoms with Crippen LogP contribution in [-0.4, -0.2) is 18.8 Å². The molecule has 3 N–H and O–H groups in total. The highest BCUT2D eigenvalue weighted by Gasteiger charge is 2.31. The van der Waals surface area contributed by atoms with Crippen molar-refractivity contribution in [3.8, 4) is 0 Å². The summed E-state index contributed by atoms with van der Waals surface area (Å²) >= 11 is 0. The number of nitrogens with two attached hydrogens (primary N) is 1. The quantitative estimate of drug-likeness (QED) is 0.542. The standard InChI is InChI=1S/C13H28N2O/c1-10-6-5-7-11(10)12(15-14)8-9-13(2,3)16-4/h10-12,15H,5-9,14H2,1-4H3. The van der Waals surface area contributed by atoms with Crippen LogP contribution in [0.25, 0.3) is 0 Å². The molecule has 3 heteroatoms. The van der Waals surface area contributed by atoms with Crippen LogP contribution in [0, 0.1) is 11.8 Å². The fraction of sp³-hybridized carbons (Fsp3) is 1.00. The topological polar surface area (TPSA) is 47.3 Å². The van der Waals surface area contributed by atoms with Gasteiger partial charge in [0.25, 0.3) is 0 Å². The number of ether oxygens (including phenoxy) is 1. The zero-order chi connectivity index (χ0) is 12.2. The second-order valence-electron chi connectivity index (χ2n) is 5.85. The summed E-state index contributed by atoms with van der Waals surface area (Å²) < 4.78 is 5.45. The first-order valence-electron chi connectivity index (χ1n) is 6.51. The molecular weight excluding hydrogens is 200 g/mol. The minimum absolute atomic E-state index is 0.0308. The van der Waals surface area contributed by atoms with Gasteiger partial charge in [0.15, 0.2) is 0 Å². The van der Waals surface area contributed by atoms with Gasteiger partial charge in [-0.3, -0.25) is 11.3 Å². The van der Waals surface area contributed by atoms with E-state index in [2.05, 4.69) is 26.2 Å². The third kappa shape index (κ3) is 3.72. The van der Waals surface area contributed by atoms with E-state index >= 15 is 0 Å². The van der Waals surface area contributed by atoms with Crippen LogP contribution < -0.4 is 11.3 Å². The van der Waals surface area contributed by atoms with Crippen molar-refractivity contribution in [3.63, 3.8) is 0 Å². The van der Waals surface area contributed by atoms with E-state index in [9.17, 15) is 0 Å². The van der Waals surface area contributed by atoms with Gasteiger partial charge in [-0.15, -0.1) is 0 Å². The molecule has 0 heterocycles. The lowest BCUT2D eigenvalue weighted by Crippen LogP contribution is -2.43. The van der Waals surface area contributed by atoms with Gasteiger partial charge in [0, 0.05) is 13.2 Å². The predicted octanol–water partition coefficient (Wildman–Crippen LogP) is 2.46. The number of rotatable bonds is 6. The van der Waals surface area contributed by atoms with Crippen LogP contribution in [0.2, 0.25) is 0 Å². The molecule has 0 spiro atoms. The molecular formula is C13H28N2O. The van der Waals surface area contributed by atoms with Gasteiger partial charge in [-0.05, 0) is 44.9 Å². The Kier molecular flexibility index (Phi) is 5.22. The van der Waals surface area contributed by atoms with Gasteiger partial charge in [0.1, 0.15) is 0 Å². The number of hydrogen-bond donors (Lipinski definition) is 2. The molecule has 0 amide bonds. The Bertz CT molecular complexity index is 206. The molecule has 0 saturated heterocycles. The average Bonchev–Trinajstić information content (AvgIpc) is 2.66. The molecule has 16 heavy (non-hydrogen) atoms. The third-order valence-electron chi connectivity index (χ3n) is 4.27. The lowest BCUT2D eigenvalue weighted by atomic mass is 9.86. The molecule has 3 nitrogen and oxygen atoms in total. The van der Waals surface area contributed by atoms with Crippen LogP contribution >= 0.6 is 0 Å². The van der Waals surface area contributed by atoms with Gasteiger partial charge in [-0.25, -0.2) is 0 Å². The maximum Gasteiger partial charge on any atom is 0.0623 e. The maximum atomic E-state index is 5.69. The fourth-order valence-electron chi connectivity index (χ4n) is 2.80. The first kappa shape index (κ1) is 13.9. The van der Waals surface area contributed by atoms with Crippen LogP contribution in [0.4, 0.5) is 0 Å². The summed E-state index contributed by atoms with van der Waals surface area (Å²) in [6.45, 7) is 6.63. The van der Waals surface area contributed by atoms with E-state index < -0.39 is 0 Å². The van der Waals surface area contributed by atoms with Gasteiger partial charge in [-0.2, -0.15) is 0 Å². The Morgan fingerprint density at radius 2 is 2.12 bits per heavy atom. The van der Waals surface area contributed by atoms with E-state index in [1.54, 1.807) is 7.11 Å². The van der Waals surface area contributed by atoms with Gasteiger partial charge < -0.3 is 4.74 Å². The number of methoxy groups -OCH3 is 1. The normalized spacial score (nSPS) is 28.3. The van der Waals surface area contributed by atoms with Crippen LogP contribution in [0.5, 0.6) is 0 Å². The summed E-state index contributed by atoms with van der Waals surface area (Å²) in [5, 5.41) is 0. The molecule has 0 radical (unpaired) electrons. The summed E-state index contributed by atoms with van der Waals surface area (Å²) in [5.41, 5.74) is 2.98. The molecule has 0 aromatic heterocycles. The molecule has 1 aliphatic carbocycles. The lowest BCUT2D eigenvalue weighted by molar-refractivity contribution is 0.00963. The van der Waals surface area contributed by atoms with E-state index in [0.717, 1.165) is 24.7 Å². The molecule has 3 unspecified atom stereocenters. The molecule has 3 atom stereocenters. The van der Waals surface area contributed by atoms with Crippen molar-refractivity contribution in [2.75, 3.05) is 7.11 Å². The van der Waals surface area contributed by atoms with E-state index in [0.29, 0.717) is 6.04 Å². The Hall–Kier alpha value is -0.120. The summed E-state index contributed by atoms with van der Waals surface area (Å²) in [4.78, 5) is 0. The zero-order valence-electron chi connectivity index (χ0n) is 11.3. The summed E-state index contributed by atoms with van der Waals surface area (Å²) in [5.74, 6) is 7.25. The summed E-state index contributed by atoms with van der Waals surface area (Å²) in [6, 6.07) is 0.451. The van der Waals surface area contributed by atoms with Crippen molar-refractivity contribution in [1.82, 2.24) is 5.43 Å². The SMILES string of the molecule is COC(C)(C)CCC(NN)C1CCCC1C. The van der Waals surface area contributed by atoms with Gasteiger partial charge >= 0.3 is 0 Å². The largest absolute Gasteiger partial charge is 0.379 e. The molecule has 0 aromatic rings. The van der Waals surface area contributed by atoms with Crippen molar-refractivity contribution < 1.29 is 4.74 Å². The average molecular weight is 228 g/mol. The molecule has 1 rings (SSSR count). The fourth-order valence-corrected chi connectivity index (χ4v) is 2.80. The Balaban J connectivity index is 2.43. The second kappa shape index (κ2) is 5.99. The van der Waals surface area contributed by atoms with Crippen LogP contribution in [0.15, 0.2) is 0 Å². The van der Waals surface area contributed by atoms with E-state index in [1.807, 2.05) is 0 Å². The highest BCUT2D eigenvalue weighted by atomic mass is 16.5. The van der Waals surface area contributed by atoms with E-state index in [-0.39, 0.29) is 5.60 Å². The maximum absolute atomic E-state index is 5.69. The lowest BCUT2D eigenvalue weighted by Gasteiger charge is -2.30. The van der Waals surface area contributed by atoms with Gasteiger partial charge in [0.05, 0.1) is 5.60 Å². The van der Waals surface area contributed by atoms with E-state index in [4.69, 9.17) is 10.6 Å². The Morgan fingerprint density at radius 1 is 1.44 bits per heavy atom. The monoisotopic (exact) mass is 228 g/mol. The molecule has 0 aliphatic heterocycles. The first-order chi connectivity index (χ1) is 7.50. The molecule has 1 aliphatic rings. The summed E-state index contributed by atoms with van der Waals surface area (Å²) in [6.07, 6.45) is 6.20.